The molecule has 1 aliphatic heterocycles. The molecule has 0 spiro atoms. The molecule has 2 aromatic heterocycles. The fourth-order valence-electron chi connectivity index (χ4n) is 4.12. The van der Waals surface area contributed by atoms with Gasteiger partial charge >= 0.3 is 0 Å². The average molecular weight is 327 g/mol. The summed E-state index contributed by atoms with van der Waals surface area (Å²) in [5.41, 5.74) is 4.28. The largest absolute Gasteiger partial charge is 0.299 e. The van der Waals surface area contributed by atoms with Crippen molar-refractivity contribution < 1.29 is 0 Å². The van der Waals surface area contributed by atoms with Crippen LogP contribution in [0.5, 0.6) is 0 Å². The van der Waals surface area contributed by atoms with Crippen LogP contribution in [0.25, 0.3) is 0 Å². The number of likely N-dealkylation sites (tertiary alicyclic amines) is 1. The number of hydrogen-bond donors (Lipinski definition) is 0. The van der Waals surface area contributed by atoms with Crippen molar-refractivity contribution >= 4 is 0 Å². The summed E-state index contributed by atoms with van der Waals surface area (Å²) in [6.07, 6.45) is 9.10. The van der Waals surface area contributed by atoms with Crippen molar-refractivity contribution in [3.05, 3.63) is 45.9 Å². The molecule has 1 saturated heterocycles. The lowest BCUT2D eigenvalue weighted by molar-refractivity contribution is 0.162. The Hall–Kier alpha value is -1.95. The zero-order chi connectivity index (χ0) is 16.5. The molecule has 4 rings (SSSR count). The second-order valence-electron chi connectivity index (χ2n) is 7.14. The van der Waals surface area contributed by atoms with E-state index in [0.717, 1.165) is 45.4 Å². The van der Waals surface area contributed by atoms with E-state index in [1.54, 1.807) is 17.1 Å². The van der Waals surface area contributed by atoms with E-state index in [2.05, 4.69) is 26.7 Å². The van der Waals surface area contributed by atoms with E-state index < -0.39 is 0 Å². The molecule has 128 valence electrons. The molecule has 0 aromatic carbocycles. The van der Waals surface area contributed by atoms with Crippen molar-refractivity contribution in [3.8, 4) is 0 Å². The van der Waals surface area contributed by atoms with Crippen LogP contribution in [0.4, 0.5) is 0 Å². The van der Waals surface area contributed by atoms with E-state index >= 15 is 0 Å². The maximum absolute atomic E-state index is 11.8. The summed E-state index contributed by atoms with van der Waals surface area (Å²) >= 11 is 0. The van der Waals surface area contributed by atoms with E-state index in [0.29, 0.717) is 5.92 Å². The molecule has 3 heterocycles. The van der Waals surface area contributed by atoms with Gasteiger partial charge in [0.1, 0.15) is 0 Å². The Kier molecular flexibility index (Phi) is 4.22. The maximum atomic E-state index is 11.8. The SMILES string of the molecule is Cn1nc2c(c1CN1CCC(Cn3cnccc3=O)CC1)CCC2. The van der Waals surface area contributed by atoms with Crippen molar-refractivity contribution in [3.63, 3.8) is 0 Å². The highest BCUT2D eigenvalue weighted by Gasteiger charge is 2.25. The number of aryl methyl sites for hydroxylation is 2. The minimum atomic E-state index is 0.0536. The topological polar surface area (TPSA) is 56.0 Å². The second kappa shape index (κ2) is 6.51. The van der Waals surface area contributed by atoms with Gasteiger partial charge in [0.2, 0.25) is 0 Å². The number of piperidine rings is 1. The zero-order valence-corrected chi connectivity index (χ0v) is 14.3. The second-order valence-corrected chi connectivity index (χ2v) is 7.14. The van der Waals surface area contributed by atoms with Crippen molar-refractivity contribution in [2.75, 3.05) is 13.1 Å². The minimum Gasteiger partial charge on any atom is -0.299 e. The summed E-state index contributed by atoms with van der Waals surface area (Å²) < 4.78 is 3.83. The van der Waals surface area contributed by atoms with Crippen LogP contribution in [-0.2, 0) is 33.0 Å². The molecule has 0 amide bonds. The molecule has 0 atom stereocenters. The number of hydrogen-bond acceptors (Lipinski definition) is 4. The molecular formula is C18H25N5O. The molecule has 6 nitrogen and oxygen atoms in total. The van der Waals surface area contributed by atoms with Crippen LogP contribution in [0.1, 0.15) is 36.2 Å². The van der Waals surface area contributed by atoms with Crippen molar-refractivity contribution in [2.45, 2.75) is 45.2 Å². The first-order valence-corrected chi connectivity index (χ1v) is 8.97. The van der Waals surface area contributed by atoms with Crippen LogP contribution in [0.15, 0.2) is 23.4 Å². The lowest BCUT2D eigenvalue weighted by atomic mass is 9.96. The first kappa shape index (κ1) is 15.6. The third-order valence-corrected chi connectivity index (χ3v) is 5.53. The van der Waals surface area contributed by atoms with Crippen molar-refractivity contribution in [1.82, 2.24) is 24.2 Å². The fraction of sp³-hybridized carbons (Fsp3) is 0.611. The molecule has 1 aliphatic carbocycles. The van der Waals surface area contributed by atoms with Crippen LogP contribution in [-0.4, -0.2) is 37.3 Å². The summed E-state index contributed by atoms with van der Waals surface area (Å²) in [6, 6.07) is 1.54. The van der Waals surface area contributed by atoms with E-state index in [1.807, 2.05) is 0 Å². The monoisotopic (exact) mass is 327 g/mol. The van der Waals surface area contributed by atoms with Gasteiger partial charge < -0.3 is 0 Å². The highest BCUT2D eigenvalue weighted by molar-refractivity contribution is 5.30. The molecule has 0 unspecified atom stereocenters. The van der Waals surface area contributed by atoms with E-state index in [1.165, 1.54) is 35.9 Å². The minimum absolute atomic E-state index is 0.0536. The van der Waals surface area contributed by atoms with E-state index in [4.69, 9.17) is 0 Å². The number of aromatic nitrogens is 4. The average Bonchev–Trinajstić information content (AvgIpc) is 3.14. The van der Waals surface area contributed by atoms with Gasteiger partial charge in [0, 0.05) is 32.4 Å². The normalized spacial score (nSPS) is 18.9. The standard InChI is InChI=1S/C18H25N5O/c1-21-17(15-3-2-4-16(15)20-21)12-22-9-6-14(7-10-22)11-23-13-19-8-5-18(23)24/h5,8,13-14H,2-4,6-7,9-12H2,1H3. The Morgan fingerprint density at radius 1 is 1.25 bits per heavy atom. The molecule has 0 saturated carbocycles. The first-order valence-electron chi connectivity index (χ1n) is 8.97. The number of rotatable bonds is 4. The molecule has 6 heteroatoms. The van der Waals surface area contributed by atoms with E-state index in [-0.39, 0.29) is 5.56 Å². The van der Waals surface area contributed by atoms with E-state index in [9.17, 15) is 4.79 Å². The van der Waals surface area contributed by atoms with Gasteiger partial charge in [-0.1, -0.05) is 0 Å². The van der Waals surface area contributed by atoms with Crippen LogP contribution in [0.2, 0.25) is 0 Å². The highest BCUT2D eigenvalue weighted by atomic mass is 16.1. The zero-order valence-electron chi connectivity index (χ0n) is 14.3. The molecule has 0 N–H and O–H groups in total. The molecule has 0 bridgehead atoms. The molecule has 2 aromatic rings. The van der Waals surface area contributed by atoms with Gasteiger partial charge in [0.05, 0.1) is 17.7 Å². The van der Waals surface area contributed by atoms with Crippen molar-refractivity contribution in [1.29, 1.82) is 0 Å². The third-order valence-electron chi connectivity index (χ3n) is 5.53. The fourth-order valence-corrected chi connectivity index (χ4v) is 4.12. The predicted octanol–water partition coefficient (Wildman–Crippen LogP) is 1.38. The molecule has 2 aliphatic rings. The van der Waals surface area contributed by atoms with Gasteiger partial charge in [-0.3, -0.25) is 18.9 Å². The molecular weight excluding hydrogens is 302 g/mol. The van der Waals surface area contributed by atoms with Crippen LogP contribution in [0, 0.1) is 5.92 Å². The third kappa shape index (κ3) is 3.02. The maximum Gasteiger partial charge on any atom is 0.253 e. The summed E-state index contributed by atoms with van der Waals surface area (Å²) in [5.74, 6) is 0.570. The lowest BCUT2D eigenvalue weighted by Crippen LogP contribution is -2.36. The van der Waals surface area contributed by atoms with Crippen molar-refractivity contribution in [2.24, 2.45) is 13.0 Å². The molecule has 1 fully saturated rings. The Morgan fingerprint density at radius 3 is 2.88 bits per heavy atom. The Balaban J connectivity index is 1.35. The van der Waals surface area contributed by atoms with Gasteiger partial charge in [0.15, 0.2) is 0 Å². The molecule has 24 heavy (non-hydrogen) atoms. The highest BCUT2D eigenvalue weighted by Crippen LogP contribution is 2.27. The van der Waals surface area contributed by atoms with Gasteiger partial charge in [0.25, 0.3) is 5.56 Å². The Labute approximate surface area is 142 Å². The summed E-state index contributed by atoms with van der Waals surface area (Å²) in [4.78, 5) is 18.4. The quantitative estimate of drug-likeness (QED) is 0.851. The first-order chi connectivity index (χ1) is 11.7. The molecule has 0 radical (unpaired) electrons. The van der Waals surface area contributed by atoms with Crippen LogP contribution < -0.4 is 5.56 Å². The summed E-state index contributed by atoms with van der Waals surface area (Å²) in [6.45, 7) is 4.00. The van der Waals surface area contributed by atoms with Crippen LogP contribution in [0.3, 0.4) is 0 Å². The van der Waals surface area contributed by atoms with Gasteiger partial charge in [-0.25, -0.2) is 4.98 Å². The summed E-state index contributed by atoms with van der Waals surface area (Å²) in [5, 5.41) is 4.68. The number of fused-ring (bicyclic) bond motifs is 1. The smallest absolute Gasteiger partial charge is 0.253 e. The lowest BCUT2D eigenvalue weighted by Gasteiger charge is -2.32. The Morgan fingerprint density at radius 2 is 2.08 bits per heavy atom. The van der Waals surface area contributed by atoms with Crippen LogP contribution >= 0.6 is 0 Å². The predicted molar refractivity (Wildman–Crippen MR) is 91.7 cm³/mol. The number of nitrogens with zero attached hydrogens (tertiary/aromatic N) is 5. The van der Waals surface area contributed by atoms with Gasteiger partial charge in [-0.05, 0) is 56.7 Å². The van der Waals surface area contributed by atoms with Gasteiger partial charge in [-0.15, -0.1) is 0 Å². The Bertz CT molecular complexity index is 770. The summed E-state index contributed by atoms with van der Waals surface area (Å²) in [7, 11) is 2.08. The van der Waals surface area contributed by atoms with Gasteiger partial charge in [-0.2, -0.15) is 5.10 Å².